The number of amides is 1. The van der Waals surface area contributed by atoms with Crippen LogP contribution in [0.25, 0.3) is 11.4 Å². The van der Waals surface area contributed by atoms with Crippen LogP contribution in [0, 0.1) is 12.7 Å². The lowest BCUT2D eigenvalue weighted by molar-refractivity contribution is -0.115. The molecule has 4 nitrogen and oxygen atoms in total. The quantitative estimate of drug-likeness (QED) is 0.796. The number of hydrogen-bond acceptors (Lipinski definition) is 3. The number of carbonyl (C=O) groups is 1. The van der Waals surface area contributed by atoms with Crippen LogP contribution in [0.15, 0.2) is 60.9 Å². The van der Waals surface area contributed by atoms with E-state index in [-0.39, 0.29) is 12.3 Å². The van der Waals surface area contributed by atoms with E-state index in [9.17, 15) is 9.18 Å². The minimum Gasteiger partial charge on any atom is -0.323 e. The number of halogens is 1. The average Bonchev–Trinajstić information content (AvgIpc) is 2.58. The van der Waals surface area contributed by atoms with Gasteiger partial charge in [0, 0.05) is 5.56 Å². The number of nitrogens with one attached hydrogen (secondary N) is 1. The molecule has 3 rings (SSSR count). The smallest absolute Gasteiger partial charge is 0.228 e. The van der Waals surface area contributed by atoms with Crippen molar-refractivity contribution in [3.63, 3.8) is 0 Å². The minimum absolute atomic E-state index is 0.0353. The van der Waals surface area contributed by atoms with Crippen LogP contribution >= 0.6 is 0 Å². The molecule has 0 radical (unpaired) electrons. The van der Waals surface area contributed by atoms with E-state index in [2.05, 4.69) is 15.3 Å². The summed E-state index contributed by atoms with van der Waals surface area (Å²) in [6, 6.07) is 14.1. The molecule has 0 saturated heterocycles. The summed E-state index contributed by atoms with van der Waals surface area (Å²) in [4.78, 5) is 20.5. The summed E-state index contributed by atoms with van der Waals surface area (Å²) >= 11 is 0. The molecule has 0 unspecified atom stereocenters. The first kappa shape index (κ1) is 15.8. The van der Waals surface area contributed by atoms with E-state index in [1.54, 1.807) is 30.6 Å². The van der Waals surface area contributed by atoms with Gasteiger partial charge in [0.1, 0.15) is 5.82 Å². The van der Waals surface area contributed by atoms with Gasteiger partial charge in [0.15, 0.2) is 5.82 Å². The van der Waals surface area contributed by atoms with Crippen molar-refractivity contribution in [3.05, 3.63) is 77.9 Å². The van der Waals surface area contributed by atoms with E-state index < -0.39 is 5.82 Å². The fraction of sp³-hybridized carbons (Fsp3) is 0.105. The number of rotatable bonds is 4. The third kappa shape index (κ3) is 3.81. The van der Waals surface area contributed by atoms with E-state index in [1.165, 1.54) is 6.07 Å². The molecule has 1 amide bonds. The zero-order valence-electron chi connectivity index (χ0n) is 13.2. The normalized spacial score (nSPS) is 10.4. The highest BCUT2D eigenvalue weighted by atomic mass is 19.1. The second-order valence-corrected chi connectivity index (χ2v) is 5.48. The topological polar surface area (TPSA) is 54.9 Å². The molecule has 1 aromatic heterocycles. The zero-order valence-corrected chi connectivity index (χ0v) is 13.2. The third-order valence-corrected chi connectivity index (χ3v) is 3.55. The molecular weight excluding hydrogens is 305 g/mol. The molecule has 0 atom stereocenters. The number of aromatic nitrogens is 2. The molecule has 5 heteroatoms. The summed E-state index contributed by atoms with van der Waals surface area (Å²) in [6.45, 7) is 2.01. The molecule has 3 aromatic rings. The Morgan fingerprint density at radius 2 is 1.71 bits per heavy atom. The molecule has 0 fully saturated rings. The zero-order chi connectivity index (χ0) is 16.9. The average molecular weight is 321 g/mol. The second-order valence-electron chi connectivity index (χ2n) is 5.48. The van der Waals surface area contributed by atoms with Gasteiger partial charge in [-0.05, 0) is 18.6 Å². The molecular formula is C19H16FN3O. The van der Waals surface area contributed by atoms with Crippen molar-refractivity contribution in [3.8, 4) is 11.4 Å². The molecule has 0 aliphatic carbocycles. The predicted molar refractivity (Wildman–Crippen MR) is 90.9 cm³/mol. The molecule has 0 bridgehead atoms. The summed E-state index contributed by atoms with van der Waals surface area (Å²) in [7, 11) is 0. The molecule has 120 valence electrons. The lowest BCUT2D eigenvalue weighted by Gasteiger charge is -2.06. The molecule has 24 heavy (non-hydrogen) atoms. The summed E-state index contributed by atoms with van der Waals surface area (Å²) in [6.07, 6.45) is 3.05. The van der Waals surface area contributed by atoms with Gasteiger partial charge in [-0.2, -0.15) is 0 Å². The summed E-state index contributed by atoms with van der Waals surface area (Å²) in [5.74, 6) is -0.118. The van der Waals surface area contributed by atoms with Gasteiger partial charge in [-0.15, -0.1) is 0 Å². The van der Waals surface area contributed by atoms with Crippen LogP contribution in [0.2, 0.25) is 0 Å². The van der Waals surface area contributed by atoms with Crippen molar-refractivity contribution in [2.45, 2.75) is 13.3 Å². The van der Waals surface area contributed by atoms with Gasteiger partial charge in [0.05, 0.1) is 24.5 Å². The minimum atomic E-state index is -0.390. The Balaban J connectivity index is 1.67. The number of benzene rings is 2. The van der Waals surface area contributed by atoms with Crippen LogP contribution < -0.4 is 5.32 Å². The lowest BCUT2D eigenvalue weighted by Crippen LogP contribution is -2.15. The van der Waals surface area contributed by atoms with E-state index >= 15 is 0 Å². The number of carbonyl (C=O) groups excluding carboxylic acids is 1. The van der Waals surface area contributed by atoms with Crippen LogP contribution in [0.4, 0.5) is 10.1 Å². The fourth-order valence-corrected chi connectivity index (χ4v) is 2.26. The number of aryl methyl sites for hydroxylation is 1. The lowest BCUT2D eigenvalue weighted by atomic mass is 10.1. The predicted octanol–water partition coefficient (Wildman–Crippen LogP) is 3.77. The maximum Gasteiger partial charge on any atom is 0.228 e. The summed E-state index contributed by atoms with van der Waals surface area (Å²) in [5, 5.41) is 2.67. The van der Waals surface area contributed by atoms with E-state index in [0.29, 0.717) is 17.1 Å². The molecule has 0 aliphatic rings. The van der Waals surface area contributed by atoms with Crippen molar-refractivity contribution in [1.29, 1.82) is 0 Å². The highest BCUT2D eigenvalue weighted by molar-refractivity contribution is 5.92. The van der Waals surface area contributed by atoms with Crippen LogP contribution in [0.3, 0.4) is 0 Å². The Morgan fingerprint density at radius 3 is 2.38 bits per heavy atom. The number of anilines is 1. The Morgan fingerprint density at radius 1 is 1.04 bits per heavy atom. The Bertz CT molecular complexity index is 845. The molecule has 0 aliphatic heterocycles. The van der Waals surface area contributed by atoms with Crippen molar-refractivity contribution >= 4 is 11.6 Å². The molecule has 0 spiro atoms. The van der Waals surface area contributed by atoms with E-state index in [0.717, 1.165) is 11.1 Å². The maximum absolute atomic E-state index is 13.6. The van der Waals surface area contributed by atoms with Gasteiger partial charge in [-0.25, -0.2) is 14.4 Å². The summed E-state index contributed by atoms with van der Waals surface area (Å²) < 4.78 is 13.6. The third-order valence-electron chi connectivity index (χ3n) is 3.55. The fourth-order valence-electron chi connectivity index (χ4n) is 2.26. The number of nitrogens with zero attached hydrogens (tertiary/aromatic N) is 2. The van der Waals surface area contributed by atoms with Gasteiger partial charge in [0.2, 0.25) is 5.91 Å². The Labute approximate surface area is 139 Å². The maximum atomic E-state index is 13.6. The van der Waals surface area contributed by atoms with Crippen LogP contribution in [0.1, 0.15) is 11.1 Å². The Hall–Kier alpha value is -3.08. The van der Waals surface area contributed by atoms with E-state index in [4.69, 9.17) is 0 Å². The van der Waals surface area contributed by atoms with Gasteiger partial charge in [-0.3, -0.25) is 4.79 Å². The molecule has 1 heterocycles. The molecule has 0 saturated carbocycles. The highest BCUT2D eigenvalue weighted by Gasteiger charge is 2.09. The van der Waals surface area contributed by atoms with Gasteiger partial charge < -0.3 is 5.32 Å². The highest BCUT2D eigenvalue weighted by Crippen LogP contribution is 2.16. The SMILES string of the molecule is Cc1ccc(-c2ncc(NC(=O)Cc3ccccc3F)cn2)cc1. The van der Waals surface area contributed by atoms with Gasteiger partial charge in [-0.1, -0.05) is 48.0 Å². The van der Waals surface area contributed by atoms with Crippen LogP contribution in [-0.2, 0) is 11.2 Å². The van der Waals surface area contributed by atoms with Gasteiger partial charge >= 0.3 is 0 Å². The molecule has 2 aromatic carbocycles. The van der Waals surface area contributed by atoms with Crippen molar-refractivity contribution in [1.82, 2.24) is 9.97 Å². The second kappa shape index (κ2) is 7.00. The van der Waals surface area contributed by atoms with Crippen LogP contribution in [-0.4, -0.2) is 15.9 Å². The first-order valence-corrected chi connectivity index (χ1v) is 7.54. The first-order valence-electron chi connectivity index (χ1n) is 7.54. The van der Waals surface area contributed by atoms with Crippen molar-refractivity contribution in [2.24, 2.45) is 0 Å². The largest absolute Gasteiger partial charge is 0.323 e. The first-order chi connectivity index (χ1) is 11.6. The van der Waals surface area contributed by atoms with Crippen LogP contribution in [0.5, 0.6) is 0 Å². The van der Waals surface area contributed by atoms with Gasteiger partial charge in [0.25, 0.3) is 0 Å². The molecule has 1 N–H and O–H groups in total. The van der Waals surface area contributed by atoms with Crippen molar-refractivity contribution < 1.29 is 9.18 Å². The number of hydrogen-bond donors (Lipinski definition) is 1. The summed E-state index contributed by atoms with van der Waals surface area (Å²) in [5.41, 5.74) is 2.90. The van der Waals surface area contributed by atoms with E-state index in [1.807, 2.05) is 31.2 Å². The monoisotopic (exact) mass is 321 g/mol. The van der Waals surface area contributed by atoms with Crippen molar-refractivity contribution in [2.75, 3.05) is 5.32 Å². The Kier molecular flexibility index (Phi) is 4.61. The standard InChI is InChI=1S/C19H16FN3O/c1-13-6-8-14(9-7-13)19-21-11-16(12-22-19)23-18(24)10-15-4-2-3-5-17(15)20/h2-9,11-12H,10H2,1H3,(H,23,24).